The molecule has 0 radical (unpaired) electrons. The molecule has 1 aromatic heterocycles. The first-order valence-electron chi connectivity index (χ1n) is 6.14. The standard InChI is InChI=1S/C16H11BS/c17-13-9-10-5-1-2-6-11(10)16-15(13)12-7-3-4-8-14(12)18-16/h1-9H,17H2. The zero-order chi connectivity index (χ0) is 12.1. The highest BCUT2D eigenvalue weighted by atomic mass is 32.1. The summed E-state index contributed by atoms with van der Waals surface area (Å²) in [6.45, 7) is 0. The van der Waals surface area contributed by atoms with Crippen molar-refractivity contribution in [2.45, 2.75) is 0 Å². The van der Waals surface area contributed by atoms with Gasteiger partial charge in [0.2, 0.25) is 0 Å². The van der Waals surface area contributed by atoms with E-state index in [0.717, 1.165) is 0 Å². The van der Waals surface area contributed by atoms with E-state index in [-0.39, 0.29) is 0 Å². The van der Waals surface area contributed by atoms with Crippen LogP contribution in [0.15, 0.2) is 54.6 Å². The molecular formula is C16H11BS. The van der Waals surface area contributed by atoms with Crippen LogP contribution in [0.5, 0.6) is 0 Å². The van der Waals surface area contributed by atoms with Crippen molar-refractivity contribution in [2.24, 2.45) is 0 Å². The van der Waals surface area contributed by atoms with Gasteiger partial charge in [0.05, 0.1) is 0 Å². The largest absolute Gasteiger partial charge is 0.140 e. The third-order valence-electron chi connectivity index (χ3n) is 3.57. The van der Waals surface area contributed by atoms with E-state index in [1.54, 1.807) is 0 Å². The summed E-state index contributed by atoms with van der Waals surface area (Å²) >= 11 is 1.91. The molecule has 3 aromatic carbocycles. The molecule has 0 aliphatic carbocycles. The van der Waals surface area contributed by atoms with Crippen molar-refractivity contribution in [3.63, 3.8) is 0 Å². The number of thiophene rings is 1. The molecule has 0 fully saturated rings. The van der Waals surface area contributed by atoms with Gasteiger partial charge < -0.3 is 0 Å². The van der Waals surface area contributed by atoms with Gasteiger partial charge >= 0.3 is 0 Å². The molecule has 0 spiro atoms. The molecule has 18 heavy (non-hydrogen) atoms. The Morgan fingerprint density at radius 1 is 0.833 bits per heavy atom. The highest BCUT2D eigenvalue weighted by Crippen LogP contribution is 2.36. The van der Waals surface area contributed by atoms with Crippen molar-refractivity contribution in [3.05, 3.63) is 54.6 Å². The van der Waals surface area contributed by atoms with Gasteiger partial charge in [-0.1, -0.05) is 54.0 Å². The molecule has 4 aromatic rings. The molecule has 0 unspecified atom stereocenters. The molecule has 0 aliphatic rings. The third-order valence-corrected chi connectivity index (χ3v) is 4.77. The highest BCUT2D eigenvalue weighted by molar-refractivity contribution is 7.27. The maximum absolute atomic E-state index is 2.30. The van der Waals surface area contributed by atoms with Crippen molar-refractivity contribution in [1.82, 2.24) is 0 Å². The summed E-state index contributed by atoms with van der Waals surface area (Å²) in [7, 11) is 2.22. The normalized spacial score (nSPS) is 11.6. The second-order valence-corrected chi connectivity index (χ2v) is 5.77. The summed E-state index contributed by atoms with van der Waals surface area (Å²) in [6, 6.07) is 19.7. The van der Waals surface area contributed by atoms with Gasteiger partial charge in [0, 0.05) is 9.40 Å². The van der Waals surface area contributed by atoms with Gasteiger partial charge in [-0.25, -0.2) is 0 Å². The molecular weight excluding hydrogens is 235 g/mol. The van der Waals surface area contributed by atoms with Gasteiger partial charge in [-0.3, -0.25) is 0 Å². The Morgan fingerprint density at radius 3 is 2.44 bits per heavy atom. The van der Waals surface area contributed by atoms with Crippen LogP contribution in [0.25, 0.3) is 30.9 Å². The van der Waals surface area contributed by atoms with Crippen LogP contribution in [0.1, 0.15) is 0 Å². The van der Waals surface area contributed by atoms with Gasteiger partial charge in [-0.2, -0.15) is 0 Å². The minimum absolute atomic E-state index is 1.34. The van der Waals surface area contributed by atoms with Crippen LogP contribution in [0, 0.1) is 0 Å². The average molecular weight is 246 g/mol. The van der Waals surface area contributed by atoms with Crippen LogP contribution in [-0.2, 0) is 0 Å². The Hall–Kier alpha value is -1.80. The molecule has 1 heterocycles. The van der Waals surface area contributed by atoms with Crippen molar-refractivity contribution in [2.75, 3.05) is 0 Å². The number of hydrogen-bond acceptors (Lipinski definition) is 1. The first kappa shape index (κ1) is 10.2. The minimum Gasteiger partial charge on any atom is -0.135 e. The molecule has 0 saturated carbocycles. The smallest absolute Gasteiger partial charge is 0.135 e. The number of fused-ring (bicyclic) bond motifs is 5. The fourth-order valence-corrected chi connectivity index (χ4v) is 4.08. The van der Waals surface area contributed by atoms with E-state index in [4.69, 9.17) is 0 Å². The summed E-state index contributed by atoms with van der Waals surface area (Å²) in [4.78, 5) is 0. The van der Waals surface area contributed by atoms with Crippen LogP contribution in [0.3, 0.4) is 0 Å². The lowest BCUT2D eigenvalue weighted by Gasteiger charge is -2.03. The zero-order valence-electron chi connectivity index (χ0n) is 10.1. The van der Waals surface area contributed by atoms with Gasteiger partial charge in [-0.05, 0) is 27.6 Å². The summed E-state index contributed by atoms with van der Waals surface area (Å²) in [5, 5.41) is 5.53. The molecule has 0 amide bonds. The van der Waals surface area contributed by atoms with E-state index in [9.17, 15) is 0 Å². The highest BCUT2D eigenvalue weighted by Gasteiger charge is 2.09. The van der Waals surface area contributed by atoms with E-state index in [2.05, 4.69) is 62.4 Å². The predicted molar refractivity (Wildman–Crippen MR) is 85.0 cm³/mol. The van der Waals surface area contributed by atoms with Crippen LogP contribution in [-0.4, -0.2) is 7.85 Å². The van der Waals surface area contributed by atoms with Crippen LogP contribution in [0.2, 0.25) is 0 Å². The fourth-order valence-electron chi connectivity index (χ4n) is 2.76. The van der Waals surface area contributed by atoms with E-state index in [1.807, 2.05) is 11.3 Å². The summed E-state index contributed by atoms with van der Waals surface area (Å²) in [5.41, 5.74) is 1.38. The Bertz CT molecular complexity index is 889. The van der Waals surface area contributed by atoms with Gasteiger partial charge in [0.25, 0.3) is 0 Å². The summed E-state index contributed by atoms with van der Waals surface area (Å²) in [5.74, 6) is 0. The van der Waals surface area contributed by atoms with Crippen LogP contribution >= 0.6 is 11.3 Å². The Morgan fingerprint density at radius 2 is 1.56 bits per heavy atom. The lowest BCUT2D eigenvalue weighted by molar-refractivity contribution is 1.83. The average Bonchev–Trinajstić information content (AvgIpc) is 2.79. The summed E-state index contributed by atoms with van der Waals surface area (Å²) in [6.07, 6.45) is 0. The van der Waals surface area contributed by atoms with Gasteiger partial charge in [-0.15, -0.1) is 11.3 Å². The van der Waals surface area contributed by atoms with Crippen LogP contribution in [0.4, 0.5) is 0 Å². The van der Waals surface area contributed by atoms with Gasteiger partial charge in [0.15, 0.2) is 0 Å². The van der Waals surface area contributed by atoms with E-state index >= 15 is 0 Å². The van der Waals surface area contributed by atoms with Crippen molar-refractivity contribution in [1.29, 1.82) is 0 Å². The Kier molecular flexibility index (Phi) is 2.03. The Balaban J connectivity index is 2.38. The van der Waals surface area contributed by atoms with Crippen molar-refractivity contribution in [3.8, 4) is 0 Å². The lowest BCUT2D eigenvalue weighted by atomic mass is 9.88. The lowest BCUT2D eigenvalue weighted by Crippen LogP contribution is -2.02. The molecule has 0 atom stereocenters. The van der Waals surface area contributed by atoms with E-state index < -0.39 is 0 Å². The molecule has 0 nitrogen and oxygen atoms in total. The quantitative estimate of drug-likeness (QED) is 0.417. The second-order valence-electron chi connectivity index (χ2n) is 4.72. The SMILES string of the molecule is Bc1cc2ccccc2c2sc3ccccc3c12. The minimum atomic E-state index is 1.34. The van der Waals surface area contributed by atoms with Crippen molar-refractivity contribution >= 4 is 55.6 Å². The molecule has 84 valence electrons. The number of hydrogen-bond donors (Lipinski definition) is 0. The maximum Gasteiger partial charge on any atom is 0.140 e. The Labute approximate surface area is 110 Å². The molecule has 0 bridgehead atoms. The number of benzene rings is 3. The second kappa shape index (κ2) is 3.60. The van der Waals surface area contributed by atoms with Gasteiger partial charge in [0.1, 0.15) is 7.85 Å². The maximum atomic E-state index is 2.30. The van der Waals surface area contributed by atoms with E-state index in [0.29, 0.717) is 0 Å². The first-order valence-corrected chi connectivity index (χ1v) is 6.96. The predicted octanol–water partition coefficient (Wildman–Crippen LogP) is 3.47. The molecule has 4 rings (SSSR count). The molecule has 0 saturated heterocycles. The number of rotatable bonds is 0. The first-order chi connectivity index (χ1) is 8.84. The van der Waals surface area contributed by atoms with Crippen LogP contribution < -0.4 is 5.46 Å². The monoisotopic (exact) mass is 246 g/mol. The topological polar surface area (TPSA) is 0 Å². The molecule has 0 N–H and O–H groups in total. The van der Waals surface area contributed by atoms with Crippen molar-refractivity contribution < 1.29 is 0 Å². The molecule has 0 aliphatic heterocycles. The zero-order valence-corrected chi connectivity index (χ0v) is 10.9. The van der Waals surface area contributed by atoms with E-state index in [1.165, 1.54) is 36.4 Å². The fraction of sp³-hybridized carbons (Fsp3) is 0. The summed E-state index contributed by atoms with van der Waals surface area (Å²) < 4.78 is 2.80. The molecule has 2 heteroatoms. The third kappa shape index (κ3) is 1.27.